The number of aromatic nitrogens is 1. The lowest BCUT2D eigenvalue weighted by molar-refractivity contribution is -0.385. The van der Waals surface area contributed by atoms with Crippen molar-refractivity contribution in [3.8, 4) is 0 Å². The van der Waals surface area contributed by atoms with E-state index in [9.17, 15) is 18.5 Å². The van der Waals surface area contributed by atoms with Gasteiger partial charge >= 0.3 is 0 Å². The molecule has 21 heavy (non-hydrogen) atoms. The number of nitro groups is 1. The van der Waals surface area contributed by atoms with Gasteiger partial charge in [0.05, 0.1) is 10.7 Å². The molecule has 116 valence electrons. The second-order valence-electron chi connectivity index (χ2n) is 5.02. The van der Waals surface area contributed by atoms with E-state index in [2.05, 4.69) is 10.3 Å². The van der Waals surface area contributed by atoms with Crippen molar-refractivity contribution in [1.29, 1.82) is 0 Å². The summed E-state index contributed by atoms with van der Waals surface area (Å²) in [7, 11) is -3.08. The summed E-state index contributed by atoms with van der Waals surface area (Å²) in [6.45, 7) is 4.83. The van der Waals surface area contributed by atoms with Crippen LogP contribution in [0.1, 0.15) is 12.6 Å². The topological polar surface area (TPSA) is 105 Å². The molecular formula is C12H18N4O4S. The van der Waals surface area contributed by atoms with E-state index in [0.717, 1.165) is 0 Å². The fourth-order valence-corrected chi connectivity index (χ4v) is 3.40. The van der Waals surface area contributed by atoms with E-state index in [0.29, 0.717) is 31.1 Å². The lowest BCUT2D eigenvalue weighted by Gasteiger charge is -2.38. The third-order valence-electron chi connectivity index (χ3n) is 3.51. The summed E-state index contributed by atoms with van der Waals surface area (Å²) in [4.78, 5) is 14.4. The number of pyridine rings is 1. The second kappa shape index (κ2) is 5.94. The van der Waals surface area contributed by atoms with Gasteiger partial charge in [0.2, 0.25) is 10.0 Å². The molecule has 0 amide bonds. The van der Waals surface area contributed by atoms with Gasteiger partial charge in [-0.25, -0.2) is 17.7 Å². The van der Waals surface area contributed by atoms with Crippen LogP contribution in [0.3, 0.4) is 0 Å². The average Bonchev–Trinajstić information content (AvgIpc) is 2.36. The van der Waals surface area contributed by atoms with Gasteiger partial charge in [-0.2, -0.15) is 0 Å². The Morgan fingerprint density at radius 1 is 1.48 bits per heavy atom. The van der Waals surface area contributed by atoms with Crippen LogP contribution in [0.4, 0.5) is 11.5 Å². The van der Waals surface area contributed by atoms with Gasteiger partial charge in [0.1, 0.15) is 11.5 Å². The molecule has 1 saturated heterocycles. The highest BCUT2D eigenvalue weighted by Gasteiger charge is 2.34. The van der Waals surface area contributed by atoms with Crippen molar-refractivity contribution in [2.24, 2.45) is 5.92 Å². The molecule has 0 bridgehead atoms. The number of sulfonamides is 1. The minimum Gasteiger partial charge on any atom is -0.370 e. The largest absolute Gasteiger partial charge is 0.370 e. The van der Waals surface area contributed by atoms with Gasteiger partial charge in [-0.1, -0.05) is 0 Å². The van der Waals surface area contributed by atoms with E-state index in [1.807, 2.05) is 0 Å². The lowest BCUT2D eigenvalue weighted by atomic mass is 10.0. The molecule has 1 fully saturated rings. The van der Waals surface area contributed by atoms with Gasteiger partial charge < -0.3 is 5.32 Å². The number of rotatable bonds is 6. The van der Waals surface area contributed by atoms with E-state index >= 15 is 0 Å². The molecule has 2 rings (SSSR count). The highest BCUT2D eigenvalue weighted by atomic mass is 32.2. The van der Waals surface area contributed by atoms with Gasteiger partial charge in [0.15, 0.2) is 0 Å². The first kappa shape index (κ1) is 15.6. The summed E-state index contributed by atoms with van der Waals surface area (Å²) in [6, 6.07) is 2.98. The van der Waals surface area contributed by atoms with Crippen LogP contribution < -0.4 is 5.32 Å². The summed E-state index contributed by atoms with van der Waals surface area (Å²) >= 11 is 0. The van der Waals surface area contributed by atoms with Crippen molar-refractivity contribution in [2.75, 3.05) is 30.7 Å². The second-order valence-corrected chi connectivity index (χ2v) is 7.28. The number of nitrogens with one attached hydrogen (secondary N) is 1. The van der Waals surface area contributed by atoms with Crippen LogP contribution in [0.2, 0.25) is 0 Å². The Kier molecular flexibility index (Phi) is 4.43. The molecule has 0 unspecified atom stereocenters. The van der Waals surface area contributed by atoms with Gasteiger partial charge in [-0.3, -0.25) is 10.1 Å². The molecule has 0 spiro atoms. The molecule has 9 heteroatoms. The first-order valence-corrected chi connectivity index (χ1v) is 8.28. The van der Waals surface area contributed by atoms with Crippen molar-refractivity contribution in [2.45, 2.75) is 13.8 Å². The maximum absolute atomic E-state index is 11.6. The Hall–Kier alpha value is -1.74. The molecule has 1 aliphatic heterocycles. The monoisotopic (exact) mass is 314 g/mol. The molecule has 1 aromatic rings. The van der Waals surface area contributed by atoms with Crippen molar-refractivity contribution in [3.63, 3.8) is 0 Å². The van der Waals surface area contributed by atoms with Crippen LogP contribution in [0.25, 0.3) is 0 Å². The molecule has 0 atom stereocenters. The Morgan fingerprint density at radius 2 is 2.14 bits per heavy atom. The minimum absolute atomic E-state index is 0.00981. The molecule has 8 nitrogen and oxygen atoms in total. The Balaban J connectivity index is 1.86. The molecule has 0 aromatic carbocycles. The smallest absolute Gasteiger partial charge is 0.290 e. The molecule has 0 aliphatic carbocycles. The van der Waals surface area contributed by atoms with E-state index in [-0.39, 0.29) is 17.4 Å². The summed E-state index contributed by atoms with van der Waals surface area (Å²) in [5.41, 5.74) is 0.346. The summed E-state index contributed by atoms with van der Waals surface area (Å²) in [5.74, 6) is 0.925. The zero-order valence-electron chi connectivity index (χ0n) is 11.9. The SMILES string of the molecule is CCS(=O)(=O)N1CC(CNc2ccc([N+](=O)[O-])c(C)n2)C1. The standard InChI is InChI=1S/C12H18N4O4S/c1-3-21(19,20)15-7-10(8-15)6-13-12-5-4-11(16(17)18)9(2)14-12/h4-5,10H,3,6-8H2,1-2H3,(H,13,14). The highest BCUT2D eigenvalue weighted by molar-refractivity contribution is 7.89. The predicted molar refractivity (Wildman–Crippen MR) is 78.6 cm³/mol. The van der Waals surface area contributed by atoms with Gasteiger partial charge in [-0.05, 0) is 19.9 Å². The molecule has 1 aliphatic rings. The van der Waals surface area contributed by atoms with Crippen LogP contribution in [0.5, 0.6) is 0 Å². The van der Waals surface area contributed by atoms with Gasteiger partial charge in [-0.15, -0.1) is 0 Å². The minimum atomic E-state index is -3.08. The fraction of sp³-hybridized carbons (Fsp3) is 0.583. The number of hydrogen-bond acceptors (Lipinski definition) is 6. The molecule has 1 aromatic heterocycles. The van der Waals surface area contributed by atoms with Crippen LogP contribution >= 0.6 is 0 Å². The Labute approximate surface area is 123 Å². The first-order valence-electron chi connectivity index (χ1n) is 6.67. The van der Waals surface area contributed by atoms with Crippen LogP contribution in [-0.4, -0.2) is 48.0 Å². The molecule has 1 N–H and O–H groups in total. The zero-order chi connectivity index (χ0) is 15.6. The average molecular weight is 314 g/mol. The quantitative estimate of drug-likeness (QED) is 0.620. The number of nitrogens with zero attached hydrogens (tertiary/aromatic N) is 3. The number of anilines is 1. The number of hydrogen-bond donors (Lipinski definition) is 1. The molecule has 0 saturated carbocycles. The maximum atomic E-state index is 11.6. The van der Waals surface area contributed by atoms with Gasteiger partial charge in [0, 0.05) is 31.6 Å². The van der Waals surface area contributed by atoms with Crippen molar-refractivity contribution >= 4 is 21.5 Å². The lowest BCUT2D eigenvalue weighted by Crippen LogP contribution is -2.52. The molecule has 0 radical (unpaired) electrons. The van der Waals surface area contributed by atoms with Crippen LogP contribution in [-0.2, 0) is 10.0 Å². The normalized spacial score (nSPS) is 16.5. The summed E-state index contributed by atoms with van der Waals surface area (Å²) in [5, 5.41) is 13.8. The number of aryl methyl sites for hydroxylation is 1. The Bertz CT molecular complexity index is 641. The third kappa shape index (κ3) is 3.48. The fourth-order valence-electron chi connectivity index (χ4n) is 2.16. The Morgan fingerprint density at radius 3 is 2.67 bits per heavy atom. The van der Waals surface area contributed by atoms with E-state index in [1.165, 1.54) is 10.4 Å². The third-order valence-corrected chi connectivity index (χ3v) is 5.32. The predicted octanol–water partition coefficient (Wildman–Crippen LogP) is 0.992. The first-order chi connectivity index (χ1) is 9.83. The zero-order valence-corrected chi connectivity index (χ0v) is 12.8. The maximum Gasteiger partial charge on any atom is 0.290 e. The van der Waals surface area contributed by atoms with Crippen molar-refractivity contribution in [3.05, 3.63) is 27.9 Å². The van der Waals surface area contributed by atoms with E-state index in [4.69, 9.17) is 0 Å². The summed E-state index contributed by atoms with van der Waals surface area (Å²) in [6.07, 6.45) is 0. The van der Waals surface area contributed by atoms with Crippen LogP contribution in [0, 0.1) is 23.0 Å². The van der Waals surface area contributed by atoms with Crippen LogP contribution in [0.15, 0.2) is 12.1 Å². The van der Waals surface area contributed by atoms with Crippen molar-refractivity contribution in [1.82, 2.24) is 9.29 Å². The summed E-state index contributed by atoms with van der Waals surface area (Å²) < 4.78 is 24.6. The van der Waals surface area contributed by atoms with E-state index in [1.54, 1.807) is 19.9 Å². The van der Waals surface area contributed by atoms with Crippen molar-refractivity contribution < 1.29 is 13.3 Å². The van der Waals surface area contributed by atoms with Gasteiger partial charge in [0.25, 0.3) is 5.69 Å². The molecular weight excluding hydrogens is 296 g/mol. The highest BCUT2D eigenvalue weighted by Crippen LogP contribution is 2.21. The molecule has 2 heterocycles. The van der Waals surface area contributed by atoms with E-state index < -0.39 is 14.9 Å².